The van der Waals surface area contributed by atoms with Crippen molar-refractivity contribution in [2.24, 2.45) is 11.7 Å². The Balaban J connectivity index is 1.12. The number of carbonyl (C=O) groups excluding carboxylic acids is 8. The van der Waals surface area contributed by atoms with Crippen LogP contribution in [0.2, 0.25) is 0 Å². The van der Waals surface area contributed by atoms with E-state index in [0.717, 1.165) is 25.0 Å². The van der Waals surface area contributed by atoms with Crippen LogP contribution in [-0.4, -0.2) is 126 Å². The van der Waals surface area contributed by atoms with Crippen LogP contribution in [0.3, 0.4) is 0 Å². The van der Waals surface area contributed by atoms with E-state index >= 15 is 0 Å². The fourth-order valence-corrected chi connectivity index (χ4v) is 9.10. The average Bonchev–Trinajstić information content (AvgIpc) is 3.84. The van der Waals surface area contributed by atoms with Crippen LogP contribution in [-0.2, 0) is 49.5 Å². The Hall–Kier alpha value is -5.11. The highest BCUT2D eigenvalue weighted by atomic mass is 32.2. The second-order valence-corrected chi connectivity index (χ2v) is 18.0. The van der Waals surface area contributed by atoms with Crippen LogP contribution in [0.1, 0.15) is 103 Å². The molecule has 350 valence electrons. The molecule has 8 amide bonds. The first-order chi connectivity index (χ1) is 30.1. The van der Waals surface area contributed by atoms with E-state index in [9.17, 15) is 43.5 Å². The number of ether oxygens (including phenoxy) is 2. The molecule has 19 nitrogen and oxygen atoms in total. The number of hydrogen-bond acceptors (Lipinski definition) is 12. The summed E-state index contributed by atoms with van der Waals surface area (Å²) in [5.74, 6) is -2.41. The number of rotatable bonds is 29. The Morgan fingerprint density at radius 3 is 2.24 bits per heavy atom. The van der Waals surface area contributed by atoms with Gasteiger partial charge in [-0.2, -0.15) is 11.8 Å². The summed E-state index contributed by atoms with van der Waals surface area (Å²) in [5, 5.41) is 29.9. The summed E-state index contributed by atoms with van der Waals surface area (Å²) in [7, 11) is 0. The number of epoxide rings is 1. The summed E-state index contributed by atoms with van der Waals surface area (Å²) < 4.78 is 10.1. The highest BCUT2D eigenvalue weighted by Gasteiger charge is 2.52. The zero-order valence-corrected chi connectivity index (χ0v) is 37.4. The number of nitrogens with one attached hydrogen (secondary N) is 7. The monoisotopic (exact) mass is 902 g/mol. The van der Waals surface area contributed by atoms with Crippen LogP contribution in [0.25, 0.3) is 0 Å². The van der Waals surface area contributed by atoms with Crippen molar-refractivity contribution in [3.05, 3.63) is 29.8 Å². The number of unbranched alkanes of at least 4 members (excludes halogenated alkanes) is 4. The molecule has 0 unspecified atom stereocenters. The molecule has 0 radical (unpaired) electrons. The quantitative estimate of drug-likeness (QED) is 0.0235. The minimum Gasteiger partial charge on any atom is -0.508 e. The summed E-state index contributed by atoms with van der Waals surface area (Å²) in [6, 6.07) is 3.57. The van der Waals surface area contributed by atoms with Crippen molar-refractivity contribution in [3.63, 3.8) is 0 Å². The Morgan fingerprint density at radius 1 is 0.825 bits per heavy atom. The van der Waals surface area contributed by atoms with Gasteiger partial charge in [0.25, 0.3) is 5.91 Å². The van der Waals surface area contributed by atoms with Crippen LogP contribution in [0, 0.1) is 5.92 Å². The van der Waals surface area contributed by atoms with Crippen molar-refractivity contribution in [1.82, 2.24) is 37.2 Å². The van der Waals surface area contributed by atoms with E-state index in [1.807, 2.05) is 25.6 Å². The van der Waals surface area contributed by atoms with Crippen LogP contribution < -0.4 is 43.0 Å². The van der Waals surface area contributed by atoms with E-state index in [2.05, 4.69) is 37.2 Å². The minimum atomic E-state index is -1.07. The van der Waals surface area contributed by atoms with Gasteiger partial charge in [-0.05, 0) is 81.9 Å². The predicted molar refractivity (Wildman–Crippen MR) is 234 cm³/mol. The van der Waals surface area contributed by atoms with Gasteiger partial charge >= 0.3 is 12.0 Å². The van der Waals surface area contributed by atoms with Crippen molar-refractivity contribution in [2.75, 3.05) is 25.4 Å². The summed E-state index contributed by atoms with van der Waals surface area (Å²) >= 11 is 1.86. The maximum Gasteiger partial charge on any atom is 0.338 e. The lowest BCUT2D eigenvalue weighted by Gasteiger charge is -2.24. The van der Waals surface area contributed by atoms with Gasteiger partial charge in [0.15, 0.2) is 12.2 Å². The SMILES string of the molecule is CCOC(=O)[C@@H]1O[C@@H]1C(=O)N[C@@H](CC(C)C)C(=O)N[C@@H](Cc1ccc(O)cc1)C(=O)NCCCCCC(=O)N[C@@H](CCCCNC(=O)CCCC[C@@H]1SC[C@H]2NC(=O)N[C@@H]12)C(N)=O. The second kappa shape index (κ2) is 25.9. The number of esters is 1. The number of phenolic OH excluding ortho intramolecular Hbond substituents is 1. The summed E-state index contributed by atoms with van der Waals surface area (Å²) in [4.78, 5) is 101. The lowest BCUT2D eigenvalue weighted by atomic mass is 10.0. The van der Waals surface area contributed by atoms with Crippen molar-refractivity contribution in [2.45, 2.75) is 152 Å². The van der Waals surface area contributed by atoms with Gasteiger partial charge in [0.2, 0.25) is 29.5 Å². The molecule has 3 saturated heterocycles. The van der Waals surface area contributed by atoms with Gasteiger partial charge in [-0.15, -0.1) is 0 Å². The van der Waals surface area contributed by atoms with Gasteiger partial charge in [0, 0.05) is 43.4 Å². The second-order valence-electron chi connectivity index (χ2n) is 16.7. The number of urea groups is 1. The predicted octanol–water partition coefficient (Wildman–Crippen LogP) is 0.940. The number of thioether (sulfide) groups is 1. The maximum atomic E-state index is 13.6. The van der Waals surface area contributed by atoms with Gasteiger partial charge in [-0.1, -0.05) is 38.8 Å². The van der Waals surface area contributed by atoms with Crippen LogP contribution in [0.15, 0.2) is 24.3 Å². The molecule has 4 rings (SSSR count). The van der Waals surface area contributed by atoms with E-state index < -0.39 is 59.9 Å². The third-order valence-corrected chi connectivity index (χ3v) is 12.5. The number of fused-ring (bicyclic) bond motifs is 1. The number of amides is 8. The van der Waals surface area contributed by atoms with Crippen molar-refractivity contribution in [1.29, 1.82) is 0 Å². The molecule has 1 aromatic rings. The normalized spacial score (nSPS) is 21.1. The Bertz CT molecular complexity index is 1730. The Morgan fingerprint density at radius 2 is 1.52 bits per heavy atom. The lowest BCUT2D eigenvalue weighted by molar-refractivity contribution is -0.144. The molecule has 3 heterocycles. The highest BCUT2D eigenvalue weighted by Crippen LogP contribution is 2.33. The standard InChI is InChI=1S/C43H66N8O11S/c1-4-61-42(59)37-36(62-37)41(58)49-29(22-25(2)3)40(57)48-30(23-26-16-18-27(52)19-17-26)39(56)46-21-10-5-6-15-34(54)47-28(38(44)55)12-9-11-20-45-33(53)14-8-7-13-32-35-31(24-63-32)50-43(60)51-35/h16-19,25,28-32,35-37,52H,4-15,20-24H2,1-3H3,(H2,44,55)(H,45,53)(H,46,56)(H,47,54)(H,48,57)(H,49,58)(H2,50,51,60)/t28-,29-,30-,31+,32-,35+,36-,37+/m0/s1. The number of primary amides is 1. The molecule has 63 heavy (non-hydrogen) atoms. The molecule has 0 aliphatic carbocycles. The topological polar surface area (TPSA) is 289 Å². The zero-order chi connectivity index (χ0) is 45.9. The minimum absolute atomic E-state index is 0.0131. The van der Waals surface area contributed by atoms with E-state index in [4.69, 9.17) is 15.2 Å². The van der Waals surface area contributed by atoms with Gasteiger partial charge in [0.05, 0.1) is 18.7 Å². The fourth-order valence-electron chi connectivity index (χ4n) is 7.56. The van der Waals surface area contributed by atoms with E-state index in [1.54, 1.807) is 19.1 Å². The fraction of sp³-hybridized carbons (Fsp3) is 0.674. The molecule has 0 aromatic heterocycles. The van der Waals surface area contributed by atoms with Crippen molar-refractivity contribution < 1.29 is 52.9 Å². The Labute approximate surface area is 373 Å². The van der Waals surface area contributed by atoms with Gasteiger partial charge in [-0.3, -0.25) is 28.8 Å². The van der Waals surface area contributed by atoms with Crippen LogP contribution in [0.5, 0.6) is 5.75 Å². The molecule has 3 fully saturated rings. The molecule has 0 spiro atoms. The molecule has 20 heteroatoms. The molecule has 1 aromatic carbocycles. The van der Waals surface area contributed by atoms with Crippen molar-refractivity contribution >= 4 is 59.2 Å². The largest absolute Gasteiger partial charge is 0.508 e. The first-order valence-electron chi connectivity index (χ1n) is 22.2. The number of benzene rings is 1. The zero-order valence-electron chi connectivity index (χ0n) is 36.5. The smallest absolute Gasteiger partial charge is 0.338 e. The number of hydrogen-bond donors (Lipinski definition) is 9. The van der Waals surface area contributed by atoms with E-state index in [0.29, 0.717) is 62.3 Å². The Kier molecular flexibility index (Phi) is 20.7. The van der Waals surface area contributed by atoms with E-state index in [-0.39, 0.29) is 74.0 Å². The average molecular weight is 903 g/mol. The van der Waals surface area contributed by atoms with Crippen LogP contribution >= 0.6 is 11.8 Å². The molecular formula is C43H66N8O11S. The van der Waals surface area contributed by atoms with Gasteiger partial charge in [-0.25, -0.2) is 9.59 Å². The summed E-state index contributed by atoms with van der Waals surface area (Å²) in [5.41, 5.74) is 6.23. The van der Waals surface area contributed by atoms with Gasteiger partial charge < -0.3 is 57.5 Å². The first kappa shape index (κ1) is 50.5. The highest BCUT2D eigenvalue weighted by molar-refractivity contribution is 8.00. The van der Waals surface area contributed by atoms with Crippen molar-refractivity contribution in [3.8, 4) is 5.75 Å². The molecule has 10 N–H and O–H groups in total. The molecule has 3 aliphatic rings. The molecule has 0 saturated carbocycles. The third-order valence-electron chi connectivity index (χ3n) is 11.0. The van der Waals surface area contributed by atoms with Gasteiger partial charge in [0.1, 0.15) is 23.9 Å². The lowest BCUT2D eigenvalue weighted by Crippen LogP contribution is -2.55. The third kappa shape index (κ3) is 17.5. The number of carbonyl (C=O) groups is 8. The maximum absolute atomic E-state index is 13.6. The summed E-state index contributed by atoms with van der Waals surface area (Å²) in [6.45, 7) is 6.22. The molecule has 0 bridgehead atoms. The number of aromatic hydroxyl groups is 1. The molecular weight excluding hydrogens is 837 g/mol. The first-order valence-corrected chi connectivity index (χ1v) is 23.2. The summed E-state index contributed by atoms with van der Waals surface area (Å²) in [6.07, 6.45) is 4.53. The molecule has 3 aliphatic heterocycles. The van der Waals surface area contributed by atoms with Crippen LogP contribution in [0.4, 0.5) is 4.79 Å². The van der Waals surface area contributed by atoms with E-state index in [1.165, 1.54) is 12.1 Å². The number of nitrogens with two attached hydrogens (primary N) is 1. The molecule has 8 atom stereocenters. The number of phenols is 1.